The van der Waals surface area contributed by atoms with Crippen molar-refractivity contribution in [1.29, 1.82) is 0 Å². The maximum atomic E-state index is 11.9. The van der Waals surface area contributed by atoms with Gasteiger partial charge in [0.25, 0.3) is 0 Å². The van der Waals surface area contributed by atoms with Gasteiger partial charge < -0.3 is 15.5 Å². The Kier molecular flexibility index (Phi) is 10.4. The molecule has 0 aromatic heterocycles. The number of aliphatic imine (C=N–C) groups is 1. The highest BCUT2D eigenvalue weighted by molar-refractivity contribution is 9.10. The molecule has 152 valence electrons. The number of guanidine groups is 1. The number of hydrogen-bond donors (Lipinski definition) is 2. The maximum absolute atomic E-state index is 11.9. The Bertz CT molecular complexity index is 591. The van der Waals surface area contributed by atoms with Gasteiger partial charge in [0.05, 0.1) is 13.1 Å². The summed E-state index contributed by atoms with van der Waals surface area (Å²) in [5, 5.41) is 6.49. The van der Waals surface area contributed by atoms with Crippen LogP contribution in [0.15, 0.2) is 33.7 Å². The molecule has 0 bridgehead atoms. The van der Waals surface area contributed by atoms with Gasteiger partial charge in [-0.3, -0.25) is 9.69 Å². The van der Waals surface area contributed by atoms with Crippen LogP contribution in [0.5, 0.6) is 0 Å². The third-order valence-electron chi connectivity index (χ3n) is 4.23. The third-order valence-corrected chi connectivity index (χ3v) is 4.76. The molecule has 6 nitrogen and oxygen atoms in total. The van der Waals surface area contributed by atoms with Crippen molar-refractivity contribution in [1.82, 2.24) is 20.4 Å². The fourth-order valence-corrected chi connectivity index (χ4v) is 2.93. The highest BCUT2D eigenvalue weighted by Crippen LogP contribution is 2.11. The number of nitrogens with zero attached hydrogens (tertiary/aromatic N) is 3. The van der Waals surface area contributed by atoms with Gasteiger partial charge in [-0.05, 0) is 45.4 Å². The van der Waals surface area contributed by atoms with Crippen LogP contribution in [0.4, 0.5) is 0 Å². The van der Waals surface area contributed by atoms with Gasteiger partial charge in [0.2, 0.25) is 5.91 Å². The summed E-state index contributed by atoms with van der Waals surface area (Å²) in [6.45, 7) is 11.3. The van der Waals surface area contributed by atoms with E-state index < -0.39 is 0 Å². The van der Waals surface area contributed by atoms with Crippen LogP contribution in [0.2, 0.25) is 0 Å². The molecule has 27 heavy (non-hydrogen) atoms. The summed E-state index contributed by atoms with van der Waals surface area (Å²) in [6, 6.07) is 9.05. The second-order valence-electron chi connectivity index (χ2n) is 7.29. The smallest absolute Gasteiger partial charge is 0.241 e. The Balaban J connectivity index is 2.70. The highest BCUT2D eigenvalue weighted by atomic mass is 79.9. The van der Waals surface area contributed by atoms with Gasteiger partial charge in [-0.1, -0.05) is 28.1 Å². The van der Waals surface area contributed by atoms with Gasteiger partial charge in [-0.25, -0.2) is 4.99 Å². The molecule has 1 aromatic carbocycles. The van der Waals surface area contributed by atoms with E-state index in [4.69, 9.17) is 0 Å². The quantitative estimate of drug-likeness (QED) is 0.458. The minimum Gasteiger partial charge on any atom is -0.355 e. The zero-order valence-electron chi connectivity index (χ0n) is 17.4. The lowest BCUT2D eigenvalue weighted by molar-refractivity contribution is -0.127. The molecule has 0 saturated carbocycles. The number of rotatable bonds is 9. The molecule has 1 aromatic rings. The SMILES string of the molecule is CC(C)N(CCNC(=NCc1ccc(Br)cc1)NCC(=O)N(C)C)C(C)C. The summed E-state index contributed by atoms with van der Waals surface area (Å²) < 4.78 is 1.05. The Labute approximate surface area is 172 Å². The first-order chi connectivity index (χ1) is 12.7. The number of hydrogen-bond acceptors (Lipinski definition) is 3. The van der Waals surface area contributed by atoms with E-state index in [0.717, 1.165) is 23.1 Å². The Hall–Kier alpha value is -1.60. The Morgan fingerprint density at radius 2 is 1.67 bits per heavy atom. The molecule has 7 heteroatoms. The van der Waals surface area contributed by atoms with Crippen LogP contribution in [0.25, 0.3) is 0 Å². The lowest BCUT2D eigenvalue weighted by atomic mass is 10.2. The first-order valence-electron chi connectivity index (χ1n) is 9.43. The Morgan fingerprint density at radius 3 is 2.19 bits per heavy atom. The van der Waals surface area contributed by atoms with Gasteiger partial charge in [0, 0.05) is 43.7 Å². The van der Waals surface area contributed by atoms with Crippen molar-refractivity contribution in [3.8, 4) is 0 Å². The van der Waals surface area contributed by atoms with Crippen molar-refractivity contribution in [2.45, 2.75) is 46.3 Å². The molecule has 0 spiro atoms. The van der Waals surface area contributed by atoms with Gasteiger partial charge in [-0.2, -0.15) is 0 Å². The molecular weight excluding hydrogens is 406 g/mol. The van der Waals surface area contributed by atoms with Crippen LogP contribution in [0, 0.1) is 0 Å². The summed E-state index contributed by atoms with van der Waals surface area (Å²) in [4.78, 5) is 20.5. The molecular formula is C20H34BrN5O. The predicted molar refractivity (Wildman–Crippen MR) is 117 cm³/mol. The Morgan fingerprint density at radius 1 is 1.07 bits per heavy atom. The van der Waals surface area contributed by atoms with Crippen LogP contribution in [-0.2, 0) is 11.3 Å². The summed E-state index contributed by atoms with van der Waals surface area (Å²) >= 11 is 3.44. The standard InChI is InChI=1S/C20H34BrN5O/c1-15(2)26(16(3)4)12-11-22-20(24-14-19(27)25(5)6)23-13-17-7-9-18(21)10-8-17/h7-10,15-16H,11-14H2,1-6H3,(H2,22,23,24). The summed E-state index contributed by atoms with van der Waals surface area (Å²) in [7, 11) is 3.50. The van der Waals surface area contributed by atoms with Crippen LogP contribution in [0.3, 0.4) is 0 Å². The molecule has 0 aliphatic carbocycles. The second kappa shape index (κ2) is 12.0. The van der Waals surface area contributed by atoms with Gasteiger partial charge in [-0.15, -0.1) is 0 Å². The van der Waals surface area contributed by atoms with E-state index in [1.807, 2.05) is 24.3 Å². The largest absolute Gasteiger partial charge is 0.355 e. The fraction of sp³-hybridized carbons (Fsp3) is 0.600. The second-order valence-corrected chi connectivity index (χ2v) is 8.20. The van der Waals surface area contributed by atoms with E-state index >= 15 is 0 Å². The van der Waals surface area contributed by atoms with Crippen molar-refractivity contribution in [3.05, 3.63) is 34.3 Å². The molecule has 0 fully saturated rings. The van der Waals surface area contributed by atoms with Gasteiger partial charge in [0.15, 0.2) is 5.96 Å². The summed E-state index contributed by atoms with van der Waals surface area (Å²) in [5.41, 5.74) is 1.12. The molecule has 0 unspecified atom stereocenters. The number of nitrogens with one attached hydrogen (secondary N) is 2. The summed E-state index contributed by atoms with van der Waals surface area (Å²) in [5.74, 6) is 0.666. The van der Waals surface area contributed by atoms with E-state index in [0.29, 0.717) is 24.6 Å². The highest BCUT2D eigenvalue weighted by Gasteiger charge is 2.13. The minimum atomic E-state index is 0.0131. The average molecular weight is 440 g/mol. The first kappa shape index (κ1) is 23.4. The number of likely N-dealkylation sites (N-methyl/N-ethyl adjacent to an activating group) is 1. The van der Waals surface area contributed by atoms with Crippen LogP contribution in [-0.4, -0.2) is 67.5 Å². The predicted octanol–water partition coefficient (Wildman–Crippen LogP) is 2.69. The molecule has 1 rings (SSSR count). The van der Waals surface area contributed by atoms with Crippen molar-refractivity contribution < 1.29 is 4.79 Å². The molecule has 0 aliphatic heterocycles. The van der Waals surface area contributed by atoms with E-state index in [9.17, 15) is 4.79 Å². The first-order valence-corrected chi connectivity index (χ1v) is 10.2. The molecule has 0 heterocycles. The van der Waals surface area contributed by atoms with E-state index in [1.165, 1.54) is 0 Å². The van der Waals surface area contributed by atoms with E-state index in [2.05, 4.69) is 64.2 Å². The number of carbonyl (C=O) groups excluding carboxylic acids is 1. The molecule has 2 N–H and O–H groups in total. The number of amides is 1. The average Bonchev–Trinajstić information content (AvgIpc) is 2.60. The third kappa shape index (κ3) is 9.24. The summed E-state index contributed by atoms with van der Waals surface area (Å²) in [6.07, 6.45) is 0. The minimum absolute atomic E-state index is 0.0131. The lowest BCUT2D eigenvalue weighted by Gasteiger charge is -2.30. The van der Waals surface area contributed by atoms with Crippen molar-refractivity contribution in [3.63, 3.8) is 0 Å². The molecule has 0 aliphatic rings. The van der Waals surface area contributed by atoms with Crippen LogP contribution < -0.4 is 10.6 Å². The normalized spacial score (nSPS) is 12.0. The zero-order chi connectivity index (χ0) is 20.4. The van der Waals surface area contributed by atoms with Crippen LogP contribution >= 0.6 is 15.9 Å². The van der Waals surface area contributed by atoms with Crippen LogP contribution in [0.1, 0.15) is 33.3 Å². The molecule has 1 amide bonds. The van der Waals surface area contributed by atoms with Crippen molar-refractivity contribution in [2.24, 2.45) is 4.99 Å². The van der Waals surface area contributed by atoms with Gasteiger partial charge >= 0.3 is 0 Å². The van der Waals surface area contributed by atoms with Crippen molar-refractivity contribution in [2.75, 3.05) is 33.7 Å². The molecule has 0 saturated heterocycles. The van der Waals surface area contributed by atoms with E-state index in [-0.39, 0.29) is 12.5 Å². The van der Waals surface area contributed by atoms with Gasteiger partial charge in [0.1, 0.15) is 0 Å². The van der Waals surface area contributed by atoms with Crippen molar-refractivity contribution >= 4 is 27.8 Å². The number of halogens is 1. The van der Waals surface area contributed by atoms with E-state index in [1.54, 1.807) is 19.0 Å². The zero-order valence-corrected chi connectivity index (χ0v) is 19.0. The number of carbonyl (C=O) groups is 1. The lowest BCUT2D eigenvalue weighted by Crippen LogP contribution is -2.47. The fourth-order valence-electron chi connectivity index (χ4n) is 2.67. The maximum Gasteiger partial charge on any atom is 0.241 e. The monoisotopic (exact) mass is 439 g/mol. The molecule has 0 atom stereocenters. The number of benzene rings is 1. The molecule has 0 radical (unpaired) electrons. The topological polar surface area (TPSA) is 60.0 Å².